The Morgan fingerprint density at radius 1 is 1.41 bits per heavy atom. The quantitative estimate of drug-likeness (QED) is 0.813. The molecule has 1 saturated heterocycles. The smallest absolute Gasteiger partial charge is 0.328 e. The predicted molar refractivity (Wildman–Crippen MR) is 69.1 cm³/mol. The van der Waals surface area contributed by atoms with Crippen LogP contribution in [0.3, 0.4) is 0 Å². The molecule has 90 valence electrons. The Labute approximate surface area is 101 Å². The number of carbonyl (C=O) groups is 1. The van der Waals surface area contributed by atoms with Gasteiger partial charge in [0, 0.05) is 24.9 Å². The van der Waals surface area contributed by atoms with Crippen LogP contribution in [0.4, 0.5) is 5.69 Å². The molecule has 0 aromatic heterocycles. The number of hydrogen-bond donors (Lipinski definition) is 1. The van der Waals surface area contributed by atoms with E-state index in [9.17, 15) is 4.79 Å². The zero-order valence-corrected chi connectivity index (χ0v) is 9.97. The van der Waals surface area contributed by atoms with Gasteiger partial charge in [-0.3, -0.25) is 0 Å². The van der Waals surface area contributed by atoms with E-state index in [0.29, 0.717) is 0 Å². The Hall–Kier alpha value is -1.77. The Bertz CT molecular complexity index is 422. The van der Waals surface area contributed by atoms with Crippen LogP contribution in [0.2, 0.25) is 0 Å². The van der Waals surface area contributed by atoms with E-state index in [1.165, 1.54) is 12.1 Å². The van der Waals surface area contributed by atoms with E-state index in [1.807, 2.05) is 12.1 Å². The highest BCUT2D eigenvalue weighted by molar-refractivity contribution is 5.85. The molecule has 3 heteroatoms. The molecule has 0 amide bonds. The van der Waals surface area contributed by atoms with Gasteiger partial charge in [-0.15, -0.1) is 0 Å². The lowest BCUT2D eigenvalue weighted by molar-refractivity contribution is -0.131. The molecule has 3 nitrogen and oxygen atoms in total. The maximum absolute atomic E-state index is 10.4. The lowest BCUT2D eigenvalue weighted by Crippen LogP contribution is -2.18. The second kappa shape index (κ2) is 5.04. The number of rotatable bonds is 3. The highest BCUT2D eigenvalue weighted by Gasteiger charge is 2.18. The zero-order chi connectivity index (χ0) is 12.3. The van der Waals surface area contributed by atoms with Gasteiger partial charge in [0.05, 0.1) is 0 Å². The molecule has 0 aliphatic carbocycles. The van der Waals surface area contributed by atoms with Crippen molar-refractivity contribution in [3.63, 3.8) is 0 Å². The summed E-state index contributed by atoms with van der Waals surface area (Å²) in [5.41, 5.74) is 2.14. The Kier molecular flexibility index (Phi) is 3.47. The molecule has 17 heavy (non-hydrogen) atoms. The number of hydrogen-bond acceptors (Lipinski definition) is 2. The molecule has 0 saturated carbocycles. The van der Waals surface area contributed by atoms with Crippen LogP contribution in [0.15, 0.2) is 30.3 Å². The summed E-state index contributed by atoms with van der Waals surface area (Å²) in [6.07, 6.45) is 4.02. The normalized spacial score (nSPS) is 20.1. The first-order chi connectivity index (χ1) is 8.15. The van der Waals surface area contributed by atoms with Crippen molar-refractivity contribution >= 4 is 17.7 Å². The molecule has 1 aromatic rings. The molecular formula is C14H17NO2. The van der Waals surface area contributed by atoms with E-state index in [4.69, 9.17) is 5.11 Å². The molecule has 0 radical (unpaired) electrons. The number of nitrogens with zero attached hydrogens (tertiary/aromatic N) is 1. The summed E-state index contributed by atoms with van der Waals surface area (Å²) in [6, 6.07) is 8.02. The summed E-state index contributed by atoms with van der Waals surface area (Å²) < 4.78 is 0. The van der Waals surface area contributed by atoms with Crippen molar-refractivity contribution in [1.29, 1.82) is 0 Å². The number of benzene rings is 1. The summed E-state index contributed by atoms with van der Waals surface area (Å²) in [5, 5.41) is 8.54. The first-order valence-electron chi connectivity index (χ1n) is 5.91. The minimum atomic E-state index is -0.914. The fourth-order valence-electron chi connectivity index (χ4n) is 2.13. The maximum Gasteiger partial charge on any atom is 0.328 e. The van der Waals surface area contributed by atoms with Gasteiger partial charge in [0.1, 0.15) is 0 Å². The largest absolute Gasteiger partial charge is 0.478 e. The van der Waals surface area contributed by atoms with E-state index in [0.717, 1.165) is 30.6 Å². The van der Waals surface area contributed by atoms with Gasteiger partial charge in [-0.2, -0.15) is 0 Å². The molecular weight excluding hydrogens is 214 g/mol. The van der Waals surface area contributed by atoms with Gasteiger partial charge in [0.15, 0.2) is 0 Å². The van der Waals surface area contributed by atoms with Gasteiger partial charge in [-0.05, 0) is 36.1 Å². The van der Waals surface area contributed by atoms with Gasteiger partial charge in [0.25, 0.3) is 0 Å². The molecule has 1 aromatic carbocycles. The van der Waals surface area contributed by atoms with Gasteiger partial charge < -0.3 is 10.0 Å². The molecule has 1 N–H and O–H groups in total. The molecule has 1 atom stereocenters. The topological polar surface area (TPSA) is 40.5 Å². The highest BCUT2D eigenvalue weighted by atomic mass is 16.4. The van der Waals surface area contributed by atoms with Crippen molar-refractivity contribution in [1.82, 2.24) is 0 Å². The summed E-state index contributed by atoms with van der Waals surface area (Å²) in [5.74, 6) is -0.149. The minimum absolute atomic E-state index is 0.765. The lowest BCUT2D eigenvalue weighted by atomic mass is 10.1. The number of aliphatic carboxylic acids is 1. The van der Waals surface area contributed by atoms with E-state index in [2.05, 4.69) is 24.0 Å². The standard InChI is InChI=1S/C14H17NO2/c1-11-8-9-15(10-11)13-5-2-12(3-6-13)4-7-14(16)17/h2-7,11H,8-10H2,1H3,(H,16,17)/b7-4+. The van der Waals surface area contributed by atoms with Crippen molar-refractivity contribution < 1.29 is 9.90 Å². The van der Waals surface area contributed by atoms with E-state index >= 15 is 0 Å². The van der Waals surface area contributed by atoms with Gasteiger partial charge in [-0.1, -0.05) is 19.1 Å². The molecule has 1 unspecified atom stereocenters. The molecule has 1 aliphatic heterocycles. The Morgan fingerprint density at radius 2 is 2.12 bits per heavy atom. The third-order valence-corrected chi connectivity index (χ3v) is 3.10. The molecule has 1 heterocycles. The summed E-state index contributed by atoms with van der Waals surface area (Å²) in [6.45, 7) is 4.50. The first kappa shape index (κ1) is 11.7. The average Bonchev–Trinajstić information content (AvgIpc) is 2.74. The predicted octanol–water partition coefficient (Wildman–Crippen LogP) is 2.63. The SMILES string of the molecule is CC1CCN(c2ccc(/C=C/C(=O)O)cc2)C1. The van der Waals surface area contributed by atoms with E-state index in [1.54, 1.807) is 6.08 Å². The molecule has 0 bridgehead atoms. The Balaban J connectivity index is 2.05. The van der Waals surface area contributed by atoms with E-state index in [-0.39, 0.29) is 0 Å². The number of carboxylic acid groups (broad SMARTS) is 1. The molecule has 1 fully saturated rings. The monoisotopic (exact) mass is 231 g/mol. The highest BCUT2D eigenvalue weighted by Crippen LogP contribution is 2.23. The lowest BCUT2D eigenvalue weighted by Gasteiger charge is -2.18. The zero-order valence-electron chi connectivity index (χ0n) is 9.97. The van der Waals surface area contributed by atoms with Crippen LogP contribution in [0.25, 0.3) is 6.08 Å². The second-order valence-corrected chi connectivity index (χ2v) is 4.60. The average molecular weight is 231 g/mol. The third-order valence-electron chi connectivity index (χ3n) is 3.10. The van der Waals surface area contributed by atoms with Crippen molar-refractivity contribution in [3.8, 4) is 0 Å². The summed E-state index contributed by atoms with van der Waals surface area (Å²) in [7, 11) is 0. The summed E-state index contributed by atoms with van der Waals surface area (Å²) in [4.78, 5) is 12.8. The molecule has 0 spiro atoms. The van der Waals surface area contributed by atoms with Crippen LogP contribution in [-0.2, 0) is 4.79 Å². The minimum Gasteiger partial charge on any atom is -0.478 e. The molecule has 2 rings (SSSR count). The fourth-order valence-corrected chi connectivity index (χ4v) is 2.13. The fraction of sp³-hybridized carbons (Fsp3) is 0.357. The summed E-state index contributed by atoms with van der Waals surface area (Å²) >= 11 is 0. The van der Waals surface area contributed by atoms with Gasteiger partial charge in [-0.25, -0.2) is 4.79 Å². The van der Waals surface area contributed by atoms with Crippen molar-refractivity contribution in [3.05, 3.63) is 35.9 Å². The van der Waals surface area contributed by atoms with Crippen LogP contribution in [0, 0.1) is 5.92 Å². The van der Waals surface area contributed by atoms with Gasteiger partial charge in [0.2, 0.25) is 0 Å². The van der Waals surface area contributed by atoms with Crippen LogP contribution in [0.1, 0.15) is 18.9 Å². The maximum atomic E-state index is 10.4. The van der Waals surface area contributed by atoms with Gasteiger partial charge >= 0.3 is 5.97 Å². The van der Waals surface area contributed by atoms with Crippen molar-refractivity contribution in [2.45, 2.75) is 13.3 Å². The van der Waals surface area contributed by atoms with Crippen LogP contribution in [-0.4, -0.2) is 24.2 Å². The Morgan fingerprint density at radius 3 is 2.65 bits per heavy atom. The van der Waals surface area contributed by atoms with Crippen LogP contribution >= 0.6 is 0 Å². The van der Waals surface area contributed by atoms with Crippen LogP contribution in [0.5, 0.6) is 0 Å². The van der Waals surface area contributed by atoms with Crippen molar-refractivity contribution in [2.75, 3.05) is 18.0 Å². The first-order valence-corrected chi connectivity index (χ1v) is 5.91. The van der Waals surface area contributed by atoms with Crippen LogP contribution < -0.4 is 4.90 Å². The van der Waals surface area contributed by atoms with Crippen molar-refractivity contribution in [2.24, 2.45) is 5.92 Å². The third kappa shape index (κ3) is 3.09. The number of anilines is 1. The second-order valence-electron chi connectivity index (χ2n) is 4.60. The molecule has 1 aliphatic rings. The van der Waals surface area contributed by atoms with E-state index < -0.39 is 5.97 Å². The number of carboxylic acids is 1.